The van der Waals surface area contributed by atoms with Gasteiger partial charge in [0.05, 0.1) is 5.69 Å². The number of imidazole rings is 1. The summed E-state index contributed by atoms with van der Waals surface area (Å²) in [5, 5.41) is 0. The lowest BCUT2D eigenvalue weighted by molar-refractivity contribution is 0.414. The molecule has 1 aliphatic carbocycles. The summed E-state index contributed by atoms with van der Waals surface area (Å²) in [6.07, 6.45) is 6.44. The van der Waals surface area contributed by atoms with Crippen LogP contribution >= 0.6 is 11.3 Å². The Kier molecular flexibility index (Phi) is 2.74. The molecule has 3 rings (SSSR count). The van der Waals surface area contributed by atoms with Crippen LogP contribution in [-0.4, -0.2) is 9.38 Å². The number of hydrogen-bond acceptors (Lipinski definition) is 2. The molecule has 0 aromatic carbocycles. The van der Waals surface area contributed by atoms with Gasteiger partial charge < -0.3 is 0 Å². The predicted molar refractivity (Wildman–Crippen MR) is 73.0 cm³/mol. The molecule has 2 nitrogen and oxygen atoms in total. The van der Waals surface area contributed by atoms with Gasteiger partial charge in [0.1, 0.15) is 0 Å². The van der Waals surface area contributed by atoms with E-state index in [-0.39, 0.29) is 0 Å². The van der Waals surface area contributed by atoms with Crippen molar-refractivity contribution in [3.8, 4) is 0 Å². The molecule has 1 atom stereocenters. The molecule has 3 heteroatoms. The van der Waals surface area contributed by atoms with E-state index in [9.17, 15) is 0 Å². The van der Waals surface area contributed by atoms with E-state index in [1.165, 1.54) is 59.0 Å². The summed E-state index contributed by atoms with van der Waals surface area (Å²) in [5.41, 5.74) is 4.27. The van der Waals surface area contributed by atoms with Crippen molar-refractivity contribution in [2.75, 3.05) is 0 Å². The van der Waals surface area contributed by atoms with Gasteiger partial charge in [-0.2, -0.15) is 0 Å². The summed E-state index contributed by atoms with van der Waals surface area (Å²) in [6, 6.07) is 0. The van der Waals surface area contributed by atoms with Gasteiger partial charge in [0.15, 0.2) is 4.96 Å². The fraction of sp³-hybridized carbons (Fsp3) is 0.643. The van der Waals surface area contributed by atoms with Gasteiger partial charge in [0.2, 0.25) is 0 Å². The van der Waals surface area contributed by atoms with Crippen LogP contribution in [0, 0.1) is 19.8 Å². The zero-order valence-corrected chi connectivity index (χ0v) is 11.7. The summed E-state index contributed by atoms with van der Waals surface area (Å²) in [7, 11) is 0. The first-order valence-corrected chi connectivity index (χ1v) is 7.48. The first-order valence-electron chi connectivity index (χ1n) is 6.67. The summed E-state index contributed by atoms with van der Waals surface area (Å²) in [5.74, 6) is 0.881. The lowest BCUT2D eigenvalue weighted by Crippen LogP contribution is -2.15. The maximum atomic E-state index is 4.81. The Morgan fingerprint density at radius 2 is 2.24 bits per heavy atom. The Bertz CT molecular complexity index is 550. The number of hydrogen-bond donors (Lipinski definition) is 0. The van der Waals surface area contributed by atoms with E-state index in [1.807, 2.05) is 11.3 Å². The highest BCUT2D eigenvalue weighted by Crippen LogP contribution is 2.32. The third-order valence-electron chi connectivity index (χ3n) is 4.08. The largest absolute Gasteiger partial charge is 0.291 e. The van der Waals surface area contributed by atoms with Gasteiger partial charge in [-0.1, -0.05) is 19.8 Å². The van der Waals surface area contributed by atoms with Crippen LogP contribution in [0.25, 0.3) is 4.96 Å². The number of aromatic nitrogens is 2. The van der Waals surface area contributed by atoms with Crippen LogP contribution in [-0.2, 0) is 12.8 Å². The molecule has 2 aromatic heterocycles. The van der Waals surface area contributed by atoms with Gasteiger partial charge in [-0.05, 0) is 39.0 Å². The average Bonchev–Trinajstić information content (AvgIpc) is 2.78. The van der Waals surface area contributed by atoms with E-state index < -0.39 is 0 Å². The van der Waals surface area contributed by atoms with Crippen molar-refractivity contribution in [1.29, 1.82) is 0 Å². The van der Waals surface area contributed by atoms with Crippen LogP contribution in [0.3, 0.4) is 0 Å². The second-order valence-electron chi connectivity index (χ2n) is 5.26. The van der Waals surface area contributed by atoms with Crippen molar-refractivity contribution >= 4 is 16.3 Å². The Labute approximate surface area is 107 Å². The molecule has 0 saturated carbocycles. The maximum Gasteiger partial charge on any atom is 0.194 e. The number of fused-ring (bicyclic) bond motifs is 3. The quantitative estimate of drug-likeness (QED) is 0.787. The number of rotatable bonds is 2. The first kappa shape index (κ1) is 11.3. The molecule has 0 amide bonds. The van der Waals surface area contributed by atoms with Crippen molar-refractivity contribution in [3.05, 3.63) is 22.0 Å². The van der Waals surface area contributed by atoms with Crippen molar-refractivity contribution in [2.45, 2.75) is 52.9 Å². The smallest absolute Gasteiger partial charge is 0.194 e. The van der Waals surface area contributed by atoms with E-state index in [0.717, 1.165) is 5.92 Å². The highest BCUT2D eigenvalue weighted by molar-refractivity contribution is 7.17. The molecule has 0 fully saturated rings. The lowest BCUT2D eigenvalue weighted by Gasteiger charge is -2.21. The van der Waals surface area contributed by atoms with Crippen molar-refractivity contribution in [1.82, 2.24) is 9.38 Å². The fourth-order valence-electron chi connectivity index (χ4n) is 3.04. The summed E-state index contributed by atoms with van der Waals surface area (Å²) >= 11 is 1.84. The molecule has 2 heterocycles. The van der Waals surface area contributed by atoms with Gasteiger partial charge in [-0.15, -0.1) is 11.3 Å². The maximum absolute atomic E-state index is 4.81. The molecular weight excluding hydrogens is 228 g/mol. The standard InChI is InChI=1S/C14H20N2S/c1-4-5-11-6-7-12-13(8-11)16-9(2)10(3)17-14(16)15-12/h11H,4-8H2,1-3H3. The predicted octanol–water partition coefficient (Wildman–Crippen LogP) is 3.92. The van der Waals surface area contributed by atoms with Crippen LogP contribution < -0.4 is 0 Å². The summed E-state index contributed by atoms with van der Waals surface area (Å²) in [4.78, 5) is 7.43. The molecule has 2 aromatic rings. The van der Waals surface area contributed by atoms with E-state index in [0.29, 0.717) is 0 Å². The van der Waals surface area contributed by atoms with Crippen LogP contribution in [0.2, 0.25) is 0 Å². The van der Waals surface area contributed by atoms with Crippen molar-refractivity contribution in [2.24, 2.45) is 5.92 Å². The molecule has 92 valence electrons. The summed E-state index contributed by atoms with van der Waals surface area (Å²) in [6.45, 7) is 6.72. The second kappa shape index (κ2) is 4.13. The molecule has 0 aliphatic heterocycles. The molecule has 17 heavy (non-hydrogen) atoms. The number of thiazole rings is 1. The number of aryl methyl sites for hydroxylation is 3. The average molecular weight is 248 g/mol. The molecular formula is C14H20N2S. The lowest BCUT2D eigenvalue weighted by atomic mass is 9.86. The SMILES string of the molecule is CCCC1CCc2nc3sc(C)c(C)n3c2C1. The van der Waals surface area contributed by atoms with E-state index in [4.69, 9.17) is 4.98 Å². The first-order chi connectivity index (χ1) is 8.20. The third-order valence-corrected chi connectivity index (χ3v) is 5.14. The molecule has 0 bridgehead atoms. The minimum absolute atomic E-state index is 0.881. The normalized spacial score (nSPS) is 19.8. The second-order valence-corrected chi connectivity index (χ2v) is 6.45. The molecule has 1 aliphatic rings. The minimum atomic E-state index is 0.881. The zero-order chi connectivity index (χ0) is 12.0. The Morgan fingerprint density at radius 3 is 3.00 bits per heavy atom. The molecule has 0 spiro atoms. The van der Waals surface area contributed by atoms with Crippen LogP contribution in [0.1, 0.15) is 48.1 Å². The van der Waals surface area contributed by atoms with Gasteiger partial charge in [0.25, 0.3) is 0 Å². The van der Waals surface area contributed by atoms with E-state index >= 15 is 0 Å². The zero-order valence-electron chi connectivity index (χ0n) is 10.9. The van der Waals surface area contributed by atoms with Gasteiger partial charge in [-0.3, -0.25) is 4.40 Å². The van der Waals surface area contributed by atoms with E-state index in [1.54, 1.807) is 0 Å². The van der Waals surface area contributed by atoms with Crippen LogP contribution in [0.5, 0.6) is 0 Å². The van der Waals surface area contributed by atoms with Gasteiger partial charge >= 0.3 is 0 Å². The monoisotopic (exact) mass is 248 g/mol. The highest BCUT2D eigenvalue weighted by Gasteiger charge is 2.24. The third kappa shape index (κ3) is 1.71. The number of nitrogens with zero attached hydrogens (tertiary/aromatic N) is 2. The Balaban J connectivity index is 2.06. The molecule has 0 radical (unpaired) electrons. The topological polar surface area (TPSA) is 17.3 Å². The summed E-state index contributed by atoms with van der Waals surface area (Å²) < 4.78 is 2.41. The van der Waals surface area contributed by atoms with Crippen molar-refractivity contribution in [3.63, 3.8) is 0 Å². The molecule has 0 N–H and O–H groups in total. The highest BCUT2D eigenvalue weighted by atomic mass is 32.1. The molecule has 0 saturated heterocycles. The van der Waals surface area contributed by atoms with E-state index in [2.05, 4.69) is 25.2 Å². The van der Waals surface area contributed by atoms with Crippen LogP contribution in [0.15, 0.2) is 0 Å². The Hall–Kier alpha value is -0.830. The fourth-order valence-corrected chi connectivity index (χ4v) is 4.04. The molecule has 1 unspecified atom stereocenters. The van der Waals surface area contributed by atoms with Gasteiger partial charge in [-0.25, -0.2) is 4.98 Å². The minimum Gasteiger partial charge on any atom is -0.291 e. The van der Waals surface area contributed by atoms with Gasteiger partial charge in [0, 0.05) is 16.3 Å². The Morgan fingerprint density at radius 1 is 1.41 bits per heavy atom. The van der Waals surface area contributed by atoms with Crippen molar-refractivity contribution < 1.29 is 0 Å². The van der Waals surface area contributed by atoms with Crippen LogP contribution in [0.4, 0.5) is 0 Å².